The SMILES string of the molecule is CC(Cl)c1nc(C2CCCC2)cc(=O)[nH]1. The highest BCUT2D eigenvalue weighted by Crippen LogP contribution is 2.32. The zero-order valence-electron chi connectivity index (χ0n) is 8.79. The molecule has 15 heavy (non-hydrogen) atoms. The van der Waals surface area contributed by atoms with Gasteiger partial charge in [0, 0.05) is 12.0 Å². The summed E-state index contributed by atoms with van der Waals surface area (Å²) in [5.41, 5.74) is 0.827. The molecule has 0 amide bonds. The van der Waals surface area contributed by atoms with Gasteiger partial charge in [-0.2, -0.15) is 0 Å². The van der Waals surface area contributed by atoms with Crippen molar-refractivity contribution in [1.82, 2.24) is 9.97 Å². The monoisotopic (exact) mass is 226 g/mol. The number of H-pyrrole nitrogens is 1. The Hall–Kier alpha value is -0.830. The maximum Gasteiger partial charge on any atom is 0.251 e. The van der Waals surface area contributed by atoms with E-state index in [1.165, 1.54) is 12.8 Å². The third-order valence-electron chi connectivity index (χ3n) is 2.93. The summed E-state index contributed by atoms with van der Waals surface area (Å²) in [5, 5.41) is -0.237. The zero-order chi connectivity index (χ0) is 10.8. The van der Waals surface area contributed by atoms with Crippen LogP contribution >= 0.6 is 11.6 Å². The van der Waals surface area contributed by atoms with E-state index in [9.17, 15) is 4.79 Å². The van der Waals surface area contributed by atoms with Gasteiger partial charge >= 0.3 is 0 Å². The molecule has 4 heteroatoms. The molecule has 82 valence electrons. The maximum atomic E-state index is 11.4. The minimum absolute atomic E-state index is 0.0885. The van der Waals surface area contributed by atoms with Gasteiger partial charge in [-0.05, 0) is 19.8 Å². The van der Waals surface area contributed by atoms with E-state index in [4.69, 9.17) is 11.6 Å². The van der Waals surface area contributed by atoms with E-state index in [2.05, 4.69) is 9.97 Å². The largest absolute Gasteiger partial charge is 0.309 e. The number of alkyl halides is 1. The van der Waals surface area contributed by atoms with E-state index in [-0.39, 0.29) is 10.9 Å². The number of rotatable bonds is 2. The summed E-state index contributed by atoms with van der Waals surface area (Å²) in [6.45, 7) is 1.82. The average molecular weight is 227 g/mol. The van der Waals surface area contributed by atoms with Crippen LogP contribution in [0.4, 0.5) is 0 Å². The van der Waals surface area contributed by atoms with Gasteiger partial charge in [0.1, 0.15) is 5.82 Å². The van der Waals surface area contributed by atoms with Gasteiger partial charge in [-0.15, -0.1) is 11.6 Å². The first-order chi connectivity index (χ1) is 7.16. The fraction of sp³-hybridized carbons (Fsp3) is 0.636. The molecule has 3 nitrogen and oxygen atoms in total. The minimum Gasteiger partial charge on any atom is -0.309 e. The topological polar surface area (TPSA) is 45.8 Å². The highest BCUT2D eigenvalue weighted by molar-refractivity contribution is 6.20. The molecule has 1 saturated carbocycles. The third-order valence-corrected chi connectivity index (χ3v) is 3.14. The van der Waals surface area contributed by atoms with Gasteiger partial charge in [0.05, 0.1) is 11.1 Å². The van der Waals surface area contributed by atoms with Gasteiger partial charge < -0.3 is 4.98 Å². The first-order valence-electron chi connectivity index (χ1n) is 5.42. The number of nitrogens with zero attached hydrogens (tertiary/aromatic N) is 1. The summed E-state index contributed by atoms with van der Waals surface area (Å²) in [4.78, 5) is 18.5. The highest BCUT2D eigenvalue weighted by Gasteiger charge is 2.19. The molecule has 0 aromatic carbocycles. The Morgan fingerprint density at radius 3 is 2.80 bits per heavy atom. The third kappa shape index (κ3) is 2.40. The maximum absolute atomic E-state index is 11.4. The summed E-state index contributed by atoms with van der Waals surface area (Å²) in [6, 6.07) is 1.61. The fourth-order valence-electron chi connectivity index (χ4n) is 2.12. The van der Waals surface area contributed by atoms with Crippen molar-refractivity contribution in [2.24, 2.45) is 0 Å². The normalized spacial score (nSPS) is 19.3. The number of hydrogen-bond donors (Lipinski definition) is 1. The van der Waals surface area contributed by atoms with Gasteiger partial charge in [0.25, 0.3) is 5.56 Å². The van der Waals surface area contributed by atoms with Crippen LogP contribution in [0.25, 0.3) is 0 Å². The number of aromatic nitrogens is 2. The summed E-state index contributed by atoms with van der Waals surface area (Å²) in [7, 11) is 0. The highest BCUT2D eigenvalue weighted by atomic mass is 35.5. The standard InChI is InChI=1S/C11H15ClN2O/c1-7(12)11-13-9(6-10(15)14-11)8-4-2-3-5-8/h6-8H,2-5H2,1H3,(H,13,14,15). The van der Waals surface area contributed by atoms with Crippen LogP contribution in [0.1, 0.15) is 55.4 Å². The van der Waals surface area contributed by atoms with Crippen LogP contribution in [0.3, 0.4) is 0 Å². The first kappa shape index (κ1) is 10.7. The molecule has 1 unspecified atom stereocenters. The lowest BCUT2D eigenvalue weighted by atomic mass is 10.0. The van der Waals surface area contributed by atoms with Crippen molar-refractivity contribution in [2.75, 3.05) is 0 Å². The predicted octanol–water partition coefficient (Wildman–Crippen LogP) is 2.73. The fourth-order valence-corrected chi connectivity index (χ4v) is 2.22. The molecule has 0 aliphatic heterocycles. The van der Waals surface area contributed by atoms with Gasteiger partial charge in [-0.1, -0.05) is 12.8 Å². The number of hydrogen-bond acceptors (Lipinski definition) is 2. The zero-order valence-corrected chi connectivity index (χ0v) is 9.55. The van der Waals surface area contributed by atoms with Crippen LogP contribution in [0, 0.1) is 0 Å². The molecule has 2 rings (SSSR count). The summed E-state index contributed by atoms with van der Waals surface area (Å²) < 4.78 is 0. The van der Waals surface area contributed by atoms with Gasteiger partial charge in [0.15, 0.2) is 0 Å². The predicted molar refractivity (Wildman–Crippen MR) is 60.3 cm³/mol. The van der Waals surface area contributed by atoms with Gasteiger partial charge in [0.2, 0.25) is 0 Å². The number of nitrogens with one attached hydrogen (secondary N) is 1. The molecule has 1 aromatic heterocycles. The Balaban J connectivity index is 2.34. The molecule has 1 aromatic rings. The number of aromatic amines is 1. The van der Waals surface area contributed by atoms with Crippen molar-refractivity contribution in [3.05, 3.63) is 27.9 Å². The Bertz CT molecular complexity index is 394. The lowest BCUT2D eigenvalue weighted by molar-refractivity contribution is 0.679. The van der Waals surface area contributed by atoms with Crippen LogP contribution in [0.5, 0.6) is 0 Å². The Morgan fingerprint density at radius 1 is 1.53 bits per heavy atom. The first-order valence-corrected chi connectivity index (χ1v) is 5.85. The van der Waals surface area contributed by atoms with Crippen molar-refractivity contribution < 1.29 is 0 Å². The second-order valence-electron chi connectivity index (χ2n) is 4.15. The van der Waals surface area contributed by atoms with Crippen LogP contribution in [0.2, 0.25) is 0 Å². The molecule has 1 fully saturated rings. The number of halogens is 1. The summed E-state index contributed by atoms with van der Waals surface area (Å²) >= 11 is 5.92. The second-order valence-corrected chi connectivity index (χ2v) is 4.81. The van der Waals surface area contributed by atoms with E-state index >= 15 is 0 Å². The van der Waals surface area contributed by atoms with Crippen molar-refractivity contribution in [3.8, 4) is 0 Å². The Kier molecular flexibility index (Phi) is 3.10. The van der Waals surface area contributed by atoms with Gasteiger partial charge in [-0.25, -0.2) is 4.98 Å². The van der Waals surface area contributed by atoms with Crippen LogP contribution in [0.15, 0.2) is 10.9 Å². The van der Waals surface area contributed by atoms with Crippen LogP contribution in [-0.4, -0.2) is 9.97 Å². The van der Waals surface area contributed by atoms with Gasteiger partial charge in [-0.3, -0.25) is 4.79 Å². The minimum atomic E-state index is -0.237. The van der Waals surface area contributed by atoms with Crippen LogP contribution < -0.4 is 5.56 Å². The van der Waals surface area contributed by atoms with E-state index in [0.717, 1.165) is 18.5 Å². The van der Waals surface area contributed by atoms with Crippen molar-refractivity contribution >= 4 is 11.6 Å². The second kappa shape index (κ2) is 4.35. The molecule has 1 heterocycles. The summed E-state index contributed by atoms with van der Waals surface area (Å²) in [6.07, 6.45) is 4.77. The molecule has 0 spiro atoms. The Morgan fingerprint density at radius 2 is 2.20 bits per heavy atom. The molecular weight excluding hydrogens is 212 g/mol. The molecule has 0 radical (unpaired) electrons. The van der Waals surface area contributed by atoms with Crippen molar-refractivity contribution in [3.63, 3.8) is 0 Å². The molecule has 0 saturated heterocycles. The van der Waals surface area contributed by atoms with E-state index in [1.54, 1.807) is 6.07 Å². The van der Waals surface area contributed by atoms with Crippen molar-refractivity contribution in [1.29, 1.82) is 0 Å². The molecule has 0 bridgehead atoms. The lowest BCUT2D eigenvalue weighted by Crippen LogP contribution is -2.14. The average Bonchev–Trinajstić information content (AvgIpc) is 2.69. The molecular formula is C11H15ClN2O. The molecule has 1 aliphatic rings. The Labute approximate surface area is 93.9 Å². The van der Waals surface area contributed by atoms with Crippen LogP contribution in [-0.2, 0) is 0 Å². The molecule has 1 atom stereocenters. The lowest BCUT2D eigenvalue weighted by Gasteiger charge is -2.10. The van der Waals surface area contributed by atoms with Crippen molar-refractivity contribution in [2.45, 2.75) is 43.9 Å². The molecule has 1 N–H and O–H groups in total. The smallest absolute Gasteiger partial charge is 0.251 e. The van der Waals surface area contributed by atoms with E-state index in [0.29, 0.717) is 11.7 Å². The molecule has 1 aliphatic carbocycles. The summed E-state index contributed by atoms with van der Waals surface area (Å²) in [5.74, 6) is 1.05. The van der Waals surface area contributed by atoms with E-state index < -0.39 is 0 Å². The van der Waals surface area contributed by atoms with E-state index in [1.807, 2.05) is 6.92 Å². The quantitative estimate of drug-likeness (QED) is 0.789.